The van der Waals surface area contributed by atoms with E-state index in [-0.39, 0.29) is 17.0 Å². The maximum atomic E-state index is 13.2. The van der Waals surface area contributed by atoms with Crippen LogP contribution < -0.4 is 5.32 Å². The van der Waals surface area contributed by atoms with Gasteiger partial charge < -0.3 is 10.1 Å². The average molecular weight is 362 g/mol. The molecule has 2 atom stereocenters. The Balaban J connectivity index is 1.53. The van der Waals surface area contributed by atoms with Crippen LogP contribution in [0.15, 0.2) is 5.38 Å². The number of aromatic nitrogens is 1. The Morgan fingerprint density at radius 2 is 1.92 bits per heavy atom. The van der Waals surface area contributed by atoms with E-state index in [2.05, 4.69) is 24.1 Å². The Morgan fingerprint density at radius 1 is 1.24 bits per heavy atom. The molecule has 5 nitrogen and oxygen atoms in total. The van der Waals surface area contributed by atoms with Gasteiger partial charge in [0.15, 0.2) is 10.8 Å². The van der Waals surface area contributed by atoms with Gasteiger partial charge in [-0.25, -0.2) is 9.78 Å². The van der Waals surface area contributed by atoms with Gasteiger partial charge in [0.2, 0.25) is 5.91 Å². The zero-order valence-electron chi connectivity index (χ0n) is 15.2. The van der Waals surface area contributed by atoms with Crippen molar-refractivity contribution < 1.29 is 14.3 Å². The molecule has 1 aromatic rings. The van der Waals surface area contributed by atoms with Crippen molar-refractivity contribution in [2.45, 2.75) is 59.3 Å². The summed E-state index contributed by atoms with van der Waals surface area (Å²) in [5.41, 5.74) is 0.597. The van der Waals surface area contributed by atoms with Crippen LogP contribution >= 0.6 is 11.3 Å². The topological polar surface area (TPSA) is 68.3 Å². The normalized spacial score (nSPS) is 38.6. The van der Waals surface area contributed by atoms with Crippen LogP contribution in [0.2, 0.25) is 0 Å². The summed E-state index contributed by atoms with van der Waals surface area (Å²) in [7, 11) is 0. The Labute approximate surface area is 152 Å². The molecule has 5 rings (SSSR count). The molecule has 4 aliphatic carbocycles. The van der Waals surface area contributed by atoms with Crippen molar-refractivity contribution in [3.8, 4) is 0 Å². The number of carbonyl (C=O) groups excluding carboxylic acids is 2. The molecule has 25 heavy (non-hydrogen) atoms. The first kappa shape index (κ1) is 17.0. The third-order valence-electron chi connectivity index (χ3n) is 6.32. The van der Waals surface area contributed by atoms with Crippen molar-refractivity contribution in [1.29, 1.82) is 0 Å². The summed E-state index contributed by atoms with van der Waals surface area (Å²) < 4.78 is 4.97. The van der Waals surface area contributed by atoms with E-state index >= 15 is 0 Å². The predicted octanol–water partition coefficient (Wildman–Crippen LogP) is 4.25. The van der Waals surface area contributed by atoms with Gasteiger partial charge in [-0.15, -0.1) is 11.3 Å². The van der Waals surface area contributed by atoms with Crippen molar-refractivity contribution in [2.75, 3.05) is 11.9 Å². The Bertz CT molecular complexity index is 710. The molecule has 0 radical (unpaired) electrons. The van der Waals surface area contributed by atoms with Crippen LogP contribution in [0.4, 0.5) is 5.13 Å². The van der Waals surface area contributed by atoms with Gasteiger partial charge in [0.05, 0.1) is 12.0 Å². The van der Waals surface area contributed by atoms with Crippen LogP contribution in [0, 0.1) is 22.2 Å². The highest BCUT2D eigenvalue weighted by molar-refractivity contribution is 7.14. The van der Waals surface area contributed by atoms with Crippen LogP contribution in [0.3, 0.4) is 0 Å². The number of nitrogens with zero attached hydrogens (tertiary/aromatic N) is 1. The van der Waals surface area contributed by atoms with E-state index in [4.69, 9.17) is 4.74 Å². The molecule has 0 aliphatic heterocycles. The minimum atomic E-state index is -0.436. The number of rotatable bonds is 4. The molecule has 0 aromatic carbocycles. The highest BCUT2D eigenvalue weighted by Crippen LogP contribution is 2.69. The van der Waals surface area contributed by atoms with Crippen molar-refractivity contribution in [2.24, 2.45) is 22.2 Å². The summed E-state index contributed by atoms with van der Waals surface area (Å²) in [6.45, 7) is 6.81. The average Bonchev–Trinajstić information content (AvgIpc) is 2.92. The number of nitrogens with one attached hydrogen (secondary N) is 1. The maximum Gasteiger partial charge on any atom is 0.357 e. The fraction of sp³-hybridized carbons (Fsp3) is 0.737. The number of amides is 1. The van der Waals surface area contributed by atoms with E-state index in [1.54, 1.807) is 12.3 Å². The second-order valence-electron chi connectivity index (χ2n) is 9.12. The standard InChI is InChI=1S/C19H26N2O3S/c1-4-24-14(22)13-8-25-16(20-13)21-15(23)19-7-12-5-17(2,10-19)9-18(3,6-12)11-19/h8,12H,4-7,9-11H2,1-3H3,(H,20,21,23). The van der Waals surface area contributed by atoms with E-state index in [1.807, 2.05) is 0 Å². The van der Waals surface area contributed by atoms with Gasteiger partial charge >= 0.3 is 5.97 Å². The van der Waals surface area contributed by atoms with Crippen LogP contribution in [0.25, 0.3) is 0 Å². The lowest BCUT2D eigenvalue weighted by Crippen LogP contribution is -2.58. The first-order chi connectivity index (χ1) is 11.7. The molecule has 4 bridgehead atoms. The SMILES string of the molecule is CCOC(=O)c1csc(NC(=O)C23CC4CC(C)(CC(C)(C4)C2)C3)n1. The van der Waals surface area contributed by atoms with Gasteiger partial charge in [-0.3, -0.25) is 4.79 Å². The fourth-order valence-electron chi connectivity index (χ4n) is 6.56. The molecule has 1 N–H and O–H groups in total. The molecule has 6 heteroatoms. The second kappa shape index (κ2) is 5.53. The molecule has 0 saturated heterocycles. The summed E-state index contributed by atoms with van der Waals surface area (Å²) in [5, 5.41) is 5.16. The van der Waals surface area contributed by atoms with E-state index < -0.39 is 5.97 Å². The molecule has 1 aromatic heterocycles. The van der Waals surface area contributed by atoms with Crippen LogP contribution in [0.5, 0.6) is 0 Å². The molecule has 4 fully saturated rings. The summed E-state index contributed by atoms with van der Waals surface area (Å²) in [4.78, 5) is 29.2. The van der Waals surface area contributed by atoms with Crippen LogP contribution in [-0.4, -0.2) is 23.5 Å². The second-order valence-corrected chi connectivity index (χ2v) is 9.98. The van der Waals surface area contributed by atoms with Gasteiger partial charge in [-0.2, -0.15) is 0 Å². The zero-order chi connectivity index (χ0) is 17.9. The monoisotopic (exact) mass is 362 g/mol. The molecule has 1 heterocycles. The molecule has 4 saturated carbocycles. The van der Waals surface area contributed by atoms with Crippen molar-refractivity contribution in [3.63, 3.8) is 0 Å². The Morgan fingerprint density at radius 3 is 2.52 bits per heavy atom. The number of hydrogen-bond acceptors (Lipinski definition) is 5. The van der Waals surface area contributed by atoms with E-state index in [0.717, 1.165) is 19.3 Å². The van der Waals surface area contributed by atoms with E-state index in [1.165, 1.54) is 30.6 Å². The first-order valence-corrected chi connectivity index (χ1v) is 10.1. The zero-order valence-corrected chi connectivity index (χ0v) is 16.0. The van der Waals surface area contributed by atoms with Gasteiger partial charge in [0, 0.05) is 5.38 Å². The quantitative estimate of drug-likeness (QED) is 0.813. The number of esters is 1. The summed E-state index contributed by atoms with van der Waals surface area (Å²) in [6, 6.07) is 0. The fourth-order valence-corrected chi connectivity index (χ4v) is 7.24. The number of hydrogen-bond donors (Lipinski definition) is 1. The highest BCUT2D eigenvalue weighted by Gasteiger charge is 2.62. The molecule has 2 unspecified atom stereocenters. The molecular weight excluding hydrogens is 336 g/mol. The van der Waals surface area contributed by atoms with Gasteiger partial charge in [-0.1, -0.05) is 13.8 Å². The molecule has 4 aliphatic rings. The third-order valence-corrected chi connectivity index (χ3v) is 7.07. The van der Waals surface area contributed by atoms with E-state index in [0.29, 0.717) is 28.5 Å². The number of thiazole rings is 1. The Hall–Kier alpha value is -1.43. The van der Waals surface area contributed by atoms with Crippen molar-refractivity contribution >= 4 is 28.3 Å². The smallest absolute Gasteiger partial charge is 0.357 e. The van der Waals surface area contributed by atoms with Gasteiger partial charge in [-0.05, 0) is 62.2 Å². The molecule has 0 spiro atoms. The van der Waals surface area contributed by atoms with Crippen LogP contribution in [-0.2, 0) is 9.53 Å². The third kappa shape index (κ3) is 2.88. The summed E-state index contributed by atoms with van der Waals surface area (Å²) in [5.74, 6) is 0.330. The maximum absolute atomic E-state index is 13.2. The number of ether oxygens (including phenoxy) is 1. The lowest BCUT2D eigenvalue weighted by atomic mass is 9.40. The van der Waals surface area contributed by atoms with Crippen molar-refractivity contribution in [3.05, 3.63) is 11.1 Å². The van der Waals surface area contributed by atoms with Crippen LogP contribution in [0.1, 0.15) is 69.8 Å². The molecule has 136 valence electrons. The lowest BCUT2D eigenvalue weighted by Gasteiger charge is -2.64. The minimum absolute atomic E-state index is 0.0961. The number of carbonyl (C=O) groups is 2. The first-order valence-electron chi connectivity index (χ1n) is 9.19. The Kier molecular flexibility index (Phi) is 3.76. The highest BCUT2D eigenvalue weighted by atomic mass is 32.1. The summed E-state index contributed by atoms with van der Waals surface area (Å²) >= 11 is 1.29. The number of anilines is 1. The van der Waals surface area contributed by atoms with Gasteiger partial charge in [0.1, 0.15) is 0 Å². The molecular formula is C19H26N2O3S. The largest absolute Gasteiger partial charge is 0.461 e. The molecule has 1 amide bonds. The minimum Gasteiger partial charge on any atom is -0.461 e. The lowest BCUT2D eigenvalue weighted by molar-refractivity contribution is -0.165. The van der Waals surface area contributed by atoms with Gasteiger partial charge in [0.25, 0.3) is 0 Å². The predicted molar refractivity (Wildman–Crippen MR) is 96.5 cm³/mol. The summed E-state index contributed by atoms with van der Waals surface area (Å²) in [6.07, 6.45) is 6.74. The van der Waals surface area contributed by atoms with E-state index in [9.17, 15) is 9.59 Å². The van der Waals surface area contributed by atoms with Crippen molar-refractivity contribution in [1.82, 2.24) is 4.98 Å².